The molecule has 2 aromatic rings. The van der Waals surface area contributed by atoms with E-state index in [-0.39, 0.29) is 5.75 Å². The summed E-state index contributed by atoms with van der Waals surface area (Å²) in [6, 6.07) is 5.67. The summed E-state index contributed by atoms with van der Waals surface area (Å²) in [6.45, 7) is 2.24. The highest BCUT2D eigenvalue weighted by Crippen LogP contribution is 2.30. The van der Waals surface area contributed by atoms with Crippen LogP contribution >= 0.6 is 0 Å². The molecular weight excluding hydrogens is 278 g/mol. The van der Waals surface area contributed by atoms with Gasteiger partial charge in [-0.25, -0.2) is 0 Å². The highest BCUT2D eigenvalue weighted by molar-refractivity contribution is 5.36. The van der Waals surface area contributed by atoms with Gasteiger partial charge in [0, 0.05) is 0 Å². The molecule has 0 N–H and O–H groups in total. The van der Waals surface area contributed by atoms with Crippen molar-refractivity contribution in [2.24, 2.45) is 0 Å². The summed E-state index contributed by atoms with van der Waals surface area (Å²) in [7, 11) is 0. The molecule has 0 fully saturated rings. The summed E-state index contributed by atoms with van der Waals surface area (Å²) in [5, 5.41) is 0. The van der Waals surface area contributed by atoms with Crippen molar-refractivity contribution in [3.8, 4) is 17.2 Å². The molecule has 1 aromatic heterocycles. The van der Waals surface area contributed by atoms with E-state index in [1.165, 1.54) is 24.3 Å². The molecule has 106 valence electrons. The molecule has 0 bridgehead atoms. The van der Waals surface area contributed by atoms with E-state index in [4.69, 9.17) is 9.47 Å². The van der Waals surface area contributed by atoms with Crippen molar-refractivity contribution in [1.29, 1.82) is 0 Å². The molecule has 0 aliphatic heterocycles. The normalized spacial score (nSPS) is 10.4. The van der Waals surface area contributed by atoms with Gasteiger partial charge < -0.3 is 9.47 Å². The third kappa shape index (κ3) is 2.81. The van der Waals surface area contributed by atoms with Crippen molar-refractivity contribution in [2.45, 2.75) is 6.92 Å². The van der Waals surface area contributed by atoms with Crippen molar-refractivity contribution < 1.29 is 27.0 Å². The number of ether oxygens (including phenoxy) is 2. The Hall–Kier alpha value is -2.31. The average Bonchev–Trinajstić information content (AvgIpc) is 2.43. The second-order valence-electron chi connectivity index (χ2n) is 3.66. The zero-order valence-corrected chi connectivity index (χ0v) is 10.3. The van der Waals surface area contributed by atoms with E-state index < -0.39 is 29.3 Å². The fourth-order valence-corrected chi connectivity index (χ4v) is 1.45. The van der Waals surface area contributed by atoms with Gasteiger partial charge in [-0.1, -0.05) is 0 Å². The number of aromatic nitrogens is 1. The standard InChI is InChI=1S/C13H9F4NO2/c1-2-19-7-3-5-8(6-4-7)20-11-9(14)12(16)18-13(17)10(11)15/h3-6H,2H2,1H3. The summed E-state index contributed by atoms with van der Waals surface area (Å²) in [4.78, 5) is 2.43. The van der Waals surface area contributed by atoms with E-state index in [1.807, 2.05) is 0 Å². The molecule has 3 nitrogen and oxygen atoms in total. The molecule has 0 aliphatic carbocycles. The number of hydrogen-bond acceptors (Lipinski definition) is 3. The monoisotopic (exact) mass is 287 g/mol. The smallest absolute Gasteiger partial charge is 0.255 e. The number of rotatable bonds is 4. The highest BCUT2D eigenvalue weighted by Gasteiger charge is 2.22. The SMILES string of the molecule is CCOc1ccc(Oc2c(F)c(F)nc(F)c2F)cc1. The number of halogens is 4. The van der Waals surface area contributed by atoms with Crippen LogP contribution in [0.1, 0.15) is 6.92 Å². The fraction of sp³-hybridized carbons (Fsp3) is 0.154. The number of hydrogen-bond donors (Lipinski definition) is 0. The summed E-state index contributed by atoms with van der Waals surface area (Å²) in [5.41, 5.74) is 0. The van der Waals surface area contributed by atoms with Gasteiger partial charge in [-0.05, 0) is 31.2 Å². The molecule has 1 heterocycles. The van der Waals surface area contributed by atoms with Crippen LogP contribution in [-0.2, 0) is 0 Å². The summed E-state index contributed by atoms with van der Waals surface area (Å²) in [5.74, 6) is -7.60. The molecule has 20 heavy (non-hydrogen) atoms. The first kappa shape index (κ1) is 14.1. The van der Waals surface area contributed by atoms with Crippen LogP contribution in [-0.4, -0.2) is 11.6 Å². The predicted octanol–water partition coefficient (Wildman–Crippen LogP) is 3.83. The van der Waals surface area contributed by atoms with Gasteiger partial charge in [-0.3, -0.25) is 0 Å². The maximum Gasteiger partial charge on any atom is 0.255 e. The van der Waals surface area contributed by atoms with Gasteiger partial charge in [0.15, 0.2) is 0 Å². The number of pyridine rings is 1. The van der Waals surface area contributed by atoms with E-state index in [0.29, 0.717) is 12.4 Å². The molecular formula is C13H9F4NO2. The molecule has 0 unspecified atom stereocenters. The van der Waals surface area contributed by atoms with Gasteiger partial charge in [0.1, 0.15) is 11.5 Å². The molecule has 0 spiro atoms. The minimum absolute atomic E-state index is 0.00347. The van der Waals surface area contributed by atoms with Crippen LogP contribution in [0.15, 0.2) is 24.3 Å². The van der Waals surface area contributed by atoms with E-state index in [2.05, 4.69) is 4.98 Å². The summed E-state index contributed by atoms with van der Waals surface area (Å²) < 4.78 is 62.4. The number of benzene rings is 1. The largest absolute Gasteiger partial charge is 0.494 e. The van der Waals surface area contributed by atoms with Crippen LogP contribution < -0.4 is 9.47 Å². The molecule has 0 saturated carbocycles. The minimum Gasteiger partial charge on any atom is -0.494 e. The molecule has 1 aromatic carbocycles. The first-order chi connectivity index (χ1) is 9.52. The van der Waals surface area contributed by atoms with Crippen LogP contribution in [0, 0.1) is 23.5 Å². The van der Waals surface area contributed by atoms with Crippen LogP contribution in [0.5, 0.6) is 17.2 Å². The summed E-state index contributed by atoms with van der Waals surface area (Å²) in [6.07, 6.45) is 0. The van der Waals surface area contributed by atoms with Gasteiger partial charge in [0.25, 0.3) is 11.9 Å². The molecule has 0 atom stereocenters. The Morgan fingerprint density at radius 1 is 0.900 bits per heavy atom. The van der Waals surface area contributed by atoms with Crippen molar-refractivity contribution >= 4 is 0 Å². The van der Waals surface area contributed by atoms with Crippen molar-refractivity contribution in [3.63, 3.8) is 0 Å². The second-order valence-corrected chi connectivity index (χ2v) is 3.66. The summed E-state index contributed by atoms with van der Waals surface area (Å²) >= 11 is 0. The Bertz CT molecular complexity index is 591. The third-order valence-corrected chi connectivity index (χ3v) is 2.31. The first-order valence-electron chi connectivity index (χ1n) is 5.63. The highest BCUT2D eigenvalue weighted by atomic mass is 19.2. The zero-order valence-electron chi connectivity index (χ0n) is 10.3. The Labute approximate surface area is 111 Å². The van der Waals surface area contributed by atoms with Crippen LogP contribution in [0.2, 0.25) is 0 Å². The van der Waals surface area contributed by atoms with Crippen LogP contribution in [0.3, 0.4) is 0 Å². The van der Waals surface area contributed by atoms with E-state index in [0.717, 1.165) is 0 Å². The minimum atomic E-state index is -1.77. The van der Waals surface area contributed by atoms with Gasteiger partial charge in [0.05, 0.1) is 6.61 Å². The first-order valence-corrected chi connectivity index (χ1v) is 5.63. The van der Waals surface area contributed by atoms with Gasteiger partial charge >= 0.3 is 0 Å². The zero-order chi connectivity index (χ0) is 14.7. The van der Waals surface area contributed by atoms with Crippen LogP contribution in [0.25, 0.3) is 0 Å². The lowest BCUT2D eigenvalue weighted by atomic mass is 10.3. The third-order valence-electron chi connectivity index (χ3n) is 2.31. The maximum absolute atomic E-state index is 13.3. The van der Waals surface area contributed by atoms with Crippen LogP contribution in [0.4, 0.5) is 17.6 Å². The Morgan fingerprint density at radius 2 is 1.40 bits per heavy atom. The predicted molar refractivity (Wildman–Crippen MR) is 61.8 cm³/mol. The molecule has 0 saturated heterocycles. The molecule has 2 rings (SSSR count). The lowest BCUT2D eigenvalue weighted by Gasteiger charge is -2.09. The second kappa shape index (κ2) is 5.77. The fourth-order valence-electron chi connectivity index (χ4n) is 1.45. The average molecular weight is 287 g/mol. The Kier molecular flexibility index (Phi) is 4.07. The van der Waals surface area contributed by atoms with Crippen molar-refractivity contribution in [2.75, 3.05) is 6.61 Å². The molecule has 0 radical (unpaired) electrons. The molecule has 0 amide bonds. The molecule has 7 heteroatoms. The lowest BCUT2D eigenvalue weighted by Crippen LogP contribution is -2.03. The lowest BCUT2D eigenvalue weighted by molar-refractivity contribution is 0.335. The number of nitrogens with zero attached hydrogens (tertiary/aromatic N) is 1. The van der Waals surface area contributed by atoms with Gasteiger partial charge in [-0.2, -0.15) is 22.5 Å². The van der Waals surface area contributed by atoms with Gasteiger partial charge in [0.2, 0.25) is 17.4 Å². The topological polar surface area (TPSA) is 31.4 Å². The van der Waals surface area contributed by atoms with Crippen molar-refractivity contribution in [3.05, 3.63) is 47.8 Å². The Balaban J connectivity index is 2.30. The quantitative estimate of drug-likeness (QED) is 0.632. The Morgan fingerprint density at radius 3 is 1.90 bits per heavy atom. The van der Waals surface area contributed by atoms with Crippen molar-refractivity contribution in [1.82, 2.24) is 4.98 Å². The van der Waals surface area contributed by atoms with E-state index in [1.54, 1.807) is 6.92 Å². The van der Waals surface area contributed by atoms with E-state index in [9.17, 15) is 17.6 Å². The maximum atomic E-state index is 13.3. The van der Waals surface area contributed by atoms with E-state index >= 15 is 0 Å². The molecule has 0 aliphatic rings. The van der Waals surface area contributed by atoms with Gasteiger partial charge in [-0.15, -0.1) is 0 Å².